The van der Waals surface area contributed by atoms with Crippen LogP contribution in [0.4, 0.5) is 0 Å². The molecule has 4 nitrogen and oxygen atoms in total. The van der Waals surface area contributed by atoms with Gasteiger partial charge in [-0.25, -0.2) is 4.79 Å². The number of carboxylic acids is 1. The molecule has 1 rings (SSSR count). The van der Waals surface area contributed by atoms with Crippen molar-refractivity contribution in [1.82, 2.24) is 0 Å². The number of aliphatic carboxylic acids is 1. The van der Waals surface area contributed by atoms with E-state index in [1.165, 1.54) is 6.08 Å². The number of hydrogen-bond acceptors (Lipinski definition) is 3. The Morgan fingerprint density at radius 3 is 2.58 bits per heavy atom. The molecule has 0 aromatic carbocycles. The van der Waals surface area contributed by atoms with Gasteiger partial charge in [-0.15, -0.1) is 0 Å². The van der Waals surface area contributed by atoms with Crippen molar-refractivity contribution in [3.63, 3.8) is 0 Å². The van der Waals surface area contributed by atoms with Gasteiger partial charge < -0.3 is 15.3 Å². The molecule has 0 unspecified atom stereocenters. The van der Waals surface area contributed by atoms with Crippen LogP contribution in [0, 0.1) is 0 Å². The third kappa shape index (κ3) is 1.96. The van der Waals surface area contributed by atoms with Crippen LogP contribution in [0.25, 0.3) is 0 Å². The van der Waals surface area contributed by atoms with Crippen LogP contribution in [0.2, 0.25) is 0 Å². The molecule has 1 aliphatic carbocycles. The average Bonchev–Trinajstić information content (AvgIpc) is 1.99. The number of carbonyl (C=O) groups is 1. The smallest absolute Gasteiger partial charge is 0.331 e. The average molecular weight is 284 g/mol. The van der Waals surface area contributed by atoms with E-state index in [1.54, 1.807) is 0 Å². The quantitative estimate of drug-likeness (QED) is 0.465. The van der Waals surface area contributed by atoms with Crippen molar-refractivity contribution in [1.29, 1.82) is 0 Å². The lowest BCUT2D eigenvalue weighted by molar-refractivity contribution is -0.133. The van der Waals surface area contributed by atoms with Crippen LogP contribution in [0.3, 0.4) is 0 Å². The van der Waals surface area contributed by atoms with Gasteiger partial charge in [-0.2, -0.15) is 0 Å². The van der Waals surface area contributed by atoms with E-state index < -0.39 is 18.2 Å². The van der Waals surface area contributed by atoms with Gasteiger partial charge in [0.1, 0.15) is 0 Å². The van der Waals surface area contributed by atoms with Crippen molar-refractivity contribution in [2.24, 2.45) is 0 Å². The molecule has 1 aliphatic rings. The summed E-state index contributed by atoms with van der Waals surface area (Å²) in [5, 5.41) is 27.1. The lowest BCUT2D eigenvalue weighted by atomic mass is 9.94. The van der Waals surface area contributed by atoms with Crippen molar-refractivity contribution in [2.75, 3.05) is 0 Å². The Kier molecular flexibility index (Phi) is 3.08. The predicted molar refractivity (Wildman–Crippen MR) is 50.2 cm³/mol. The van der Waals surface area contributed by atoms with E-state index in [0.717, 1.165) is 0 Å². The molecular formula is C7H9IO4. The van der Waals surface area contributed by atoms with Crippen LogP contribution in [-0.2, 0) is 4.79 Å². The standard InChI is InChI=1S/C7H9IO4/c8-4-1-3(7(11)12)2-5(9)6(4)10/h1,4-6,9-10H,2H2,(H,11,12)/t4-,5-,6-/m1/s1. The van der Waals surface area contributed by atoms with Gasteiger partial charge in [0.2, 0.25) is 0 Å². The van der Waals surface area contributed by atoms with E-state index >= 15 is 0 Å². The van der Waals surface area contributed by atoms with Gasteiger partial charge in [-0.1, -0.05) is 28.7 Å². The van der Waals surface area contributed by atoms with Gasteiger partial charge in [0, 0.05) is 12.0 Å². The highest BCUT2D eigenvalue weighted by molar-refractivity contribution is 14.1. The summed E-state index contributed by atoms with van der Waals surface area (Å²) < 4.78 is -0.322. The first kappa shape index (κ1) is 9.94. The molecular weight excluding hydrogens is 275 g/mol. The topological polar surface area (TPSA) is 77.8 Å². The lowest BCUT2D eigenvalue weighted by Gasteiger charge is -2.25. The summed E-state index contributed by atoms with van der Waals surface area (Å²) in [6.07, 6.45) is -0.312. The number of aliphatic hydroxyl groups is 2. The molecule has 0 aromatic rings. The van der Waals surface area contributed by atoms with Crippen molar-refractivity contribution < 1.29 is 20.1 Å². The van der Waals surface area contributed by atoms with Gasteiger partial charge in [-0.05, 0) is 0 Å². The zero-order chi connectivity index (χ0) is 9.30. The predicted octanol–water partition coefficient (Wildman–Crippen LogP) is -0.0735. The van der Waals surface area contributed by atoms with Crippen LogP contribution in [0.1, 0.15) is 6.42 Å². The third-order valence-electron chi connectivity index (χ3n) is 1.78. The van der Waals surface area contributed by atoms with Gasteiger partial charge in [-0.3, -0.25) is 0 Å². The minimum absolute atomic E-state index is 0.0238. The van der Waals surface area contributed by atoms with E-state index in [2.05, 4.69) is 0 Å². The van der Waals surface area contributed by atoms with E-state index in [1.807, 2.05) is 22.6 Å². The fourth-order valence-electron chi connectivity index (χ4n) is 1.08. The molecule has 0 radical (unpaired) electrons. The molecule has 0 bridgehead atoms. The largest absolute Gasteiger partial charge is 0.478 e. The second kappa shape index (κ2) is 3.71. The summed E-state index contributed by atoms with van der Waals surface area (Å²) in [5.41, 5.74) is 0.173. The third-order valence-corrected chi connectivity index (χ3v) is 2.88. The molecule has 0 heterocycles. The van der Waals surface area contributed by atoms with Crippen molar-refractivity contribution >= 4 is 28.6 Å². The van der Waals surface area contributed by atoms with Crippen LogP contribution >= 0.6 is 22.6 Å². The summed E-state index contributed by atoms with van der Waals surface area (Å²) >= 11 is 1.90. The van der Waals surface area contributed by atoms with Gasteiger partial charge in [0.25, 0.3) is 0 Å². The maximum absolute atomic E-state index is 10.5. The molecule has 12 heavy (non-hydrogen) atoms. The van der Waals surface area contributed by atoms with Crippen LogP contribution in [0.5, 0.6) is 0 Å². The van der Waals surface area contributed by atoms with Crippen molar-refractivity contribution in [2.45, 2.75) is 22.6 Å². The second-order valence-corrected chi connectivity index (χ2v) is 4.14. The summed E-state index contributed by atoms with van der Waals surface area (Å²) in [6, 6.07) is 0. The molecule has 3 atom stereocenters. The van der Waals surface area contributed by atoms with E-state index in [9.17, 15) is 15.0 Å². The highest BCUT2D eigenvalue weighted by atomic mass is 127. The molecule has 3 N–H and O–H groups in total. The molecule has 0 fully saturated rings. The Labute approximate surface area is 83.0 Å². The van der Waals surface area contributed by atoms with Crippen molar-refractivity contribution in [3.05, 3.63) is 11.6 Å². The minimum Gasteiger partial charge on any atom is -0.478 e. The number of carboxylic acid groups (broad SMARTS) is 1. The lowest BCUT2D eigenvalue weighted by Crippen LogP contribution is -2.37. The number of hydrogen-bond donors (Lipinski definition) is 3. The molecule has 0 saturated heterocycles. The first-order valence-corrected chi connectivity index (χ1v) is 4.71. The highest BCUT2D eigenvalue weighted by Crippen LogP contribution is 2.24. The molecule has 5 heteroatoms. The Morgan fingerprint density at radius 2 is 2.17 bits per heavy atom. The SMILES string of the molecule is O=C(O)C1=C[C@@H](I)[C@@H](O)[C@H](O)C1. The normalized spacial score (nSPS) is 35.9. The van der Waals surface area contributed by atoms with Gasteiger partial charge >= 0.3 is 5.97 Å². The Hall–Kier alpha value is -0.140. The minimum atomic E-state index is -1.03. The van der Waals surface area contributed by atoms with Gasteiger partial charge in [0.15, 0.2) is 0 Å². The summed E-state index contributed by atoms with van der Waals surface area (Å²) in [7, 11) is 0. The molecule has 0 spiro atoms. The van der Waals surface area contributed by atoms with Crippen molar-refractivity contribution in [3.8, 4) is 0 Å². The highest BCUT2D eigenvalue weighted by Gasteiger charge is 2.30. The Balaban J connectivity index is 2.81. The summed E-state index contributed by atoms with van der Waals surface area (Å²) in [4.78, 5) is 10.5. The summed E-state index contributed by atoms with van der Waals surface area (Å²) in [6.45, 7) is 0. The Morgan fingerprint density at radius 1 is 1.58 bits per heavy atom. The molecule has 0 aromatic heterocycles. The number of aliphatic hydroxyl groups excluding tert-OH is 2. The maximum atomic E-state index is 10.5. The first-order chi connectivity index (χ1) is 5.52. The molecule has 68 valence electrons. The fraction of sp³-hybridized carbons (Fsp3) is 0.571. The Bertz CT molecular complexity index is 225. The van der Waals surface area contributed by atoms with E-state index in [-0.39, 0.29) is 15.9 Å². The first-order valence-electron chi connectivity index (χ1n) is 3.46. The van der Waals surface area contributed by atoms with Gasteiger partial charge in [0.05, 0.1) is 16.1 Å². The zero-order valence-electron chi connectivity index (χ0n) is 6.14. The maximum Gasteiger partial charge on any atom is 0.331 e. The number of alkyl halides is 1. The van der Waals surface area contributed by atoms with Crippen LogP contribution < -0.4 is 0 Å². The zero-order valence-corrected chi connectivity index (χ0v) is 8.30. The fourth-order valence-corrected chi connectivity index (χ4v) is 1.99. The molecule has 0 amide bonds. The van der Waals surface area contributed by atoms with Crippen LogP contribution in [0.15, 0.2) is 11.6 Å². The van der Waals surface area contributed by atoms with Crippen LogP contribution in [-0.4, -0.2) is 37.4 Å². The monoisotopic (exact) mass is 284 g/mol. The van der Waals surface area contributed by atoms with E-state index in [4.69, 9.17) is 5.11 Å². The number of halogens is 1. The summed E-state index contributed by atoms with van der Waals surface area (Å²) in [5.74, 6) is -1.03. The number of rotatable bonds is 1. The second-order valence-electron chi connectivity index (χ2n) is 2.70. The molecule has 0 aliphatic heterocycles. The molecule has 0 saturated carbocycles. The van der Waals surface area contributed by atoms with E-state index in [0.29, 0.717) is 0 Å².